The standard InChI is InChI=1S/C33H46N2O6/c1-8-10-11-17-40-31(39)27-26-29(37)35(24(20-36)18-21(3)4)28(33(26)15-14-32(27,7)41-33)30(38)34(16-9-2)25-19-22(5)12-13-23(25)6/h8-9,12-13,19,21,24,26-28,36H,1-2,10-11,14-18,20H2,3-7H3/t24-,26+,27+,28?,32-,33?/m1/s1. The van der Waals surface area contributed by atoms with Gasteiger partial charge in [-0.3, -0.25) is 14.4 Å². The first-order valence-corrected chi connectivity index (χ1v) is 14.9. The van der Waals surface area contributed by atoms with Gasteiger partial charge < -0.3 is 24.4 Å². The molecule has 2 bridgehead atoms. The number of aliphatic hydroxyl groups is 1. The van der Waals surface area contributed by atoms with Gasteiger partial charge in [0, 0.05) is 12.2 Å². The average Bonchev–Trinajstić information content (AvgIpc) is 3.50. The van der Waals surface area contributed by atoms with Crippen molar-refractivity contribution in [2.75, 3.05) is 24.7 Å². The molecule has 3 heterocycles. The summed E-state index contributed by atoms with van der Waals surface area (Å²) in [5.41, 5.74) is 0.538. The van der Waals surface area contributed by atoms with Crippen molar-refractivity contribution >= 4 is 23.5 Å². The number of benzene rings is 1. The third-order valence-corrected chi connectivity index (χ3v) is 9.08. The van der Waals surface area contributed by atoms with E-state index in [1.807, 2.05) is 52.8 Å². The van der Waals surface area contributed by atoms with Crippen molar-refractivity contribution in [2.24, 2.45) is 17.8 Å². The molecule has 0 radical (unpaired) electrons. The van der Waals surface area contributed by atoms with Crippen LogP contribution in [0.2, 0.25) is 0 Å². The quantitative estimate of drug-likeness (QED) is 0.215. The number of rotatable bonds is 13. The zero-order valence-corrected chi connectivity index (χ0v) is 25.2. The third kappa shape index (κ3) is 5.37. The Morgan fingerprint density at radius 1 is 1.24 bits per heavy atom. The number of hydrogen-bond donors (Lipinski definition) is 1. The van der Waals surface area contributed by atoms with Gasteiger partial charge in [0.25, 0.3) is 5.91 Å². The molecule has 4 rings (SSSR count). The van der Waals surface area contributed by atoms with E-state index in [1.54, 1.807) is 22.0 Å². The number of esters is 1. The maximum atomic E-state index is 14.8. The number of carbonyl (C=O) groups is 3. The van der Waals surface area contributed by atoms with Crippen LogP contribution in [0.15, 0.2) is 43.5 Å². The van der Waals surface area contributed by atoms with Crippen LogP contribution in [0.4, 0.5) is 5.69 Å². The highest BCUT2D eigenvalue weighted by Gasteiger charge is 2.79. The largest absolute Gasteiger partial charge is 0.465 e. The summed E-state index contributed by atoms with van der Waals surface area (Å²) < 4.78 is 12.4. The lowest BCUT2D eigenvalue weighted by Gasteiger charge is -2.40. The van der Waals surface area contributed by atoms with Gasteiger partial charge in [-0.25, -0.2) is 0 Å². The first kappa shape index (κ1) is 31.0. The predicted octanol–water partition coefficient (Wildman–Crippen LogP) is 4.50. The minimum absolute atomic E-state index is 0.164. The minimum Gasteiger partial charge on any atom is -0.465 e. The minimum atomic E-state index is -1.20. The van der Waals surface area contributed by atoms with Crippen molar-refractivity contribution in [1.29, 1.82) is 0 Å². The molecular weight excluding hydrogens is 520 g/mol. The number of likely N-dealkylation sites (tertiary alicyclic amines) is 1. The molecule has 8 heteroatoms. The number of allylic oxidation sites excluding steroid dienone is 1. The van der Waals surface area contributed by atoms with E-state index in [1.165, 1.54) is 0 Å². The summed E-state index contributed by atoms with van der Waals surface area (Å²) >= 11 is 0. The van der Waals surface area contributed by atoms with Crippen molar-refractivity contribution in [2.45, 2.75) is 90.0 Å². The molecule has 8 nitrogen and oxygen atoms in total. The molecular formula is C33H46N2O6. The van der Waals surface area contributed by atoms with E-state index in [-0.39, 0.29) is 37.5 Å². The molecule has 1 aromatic carbocycles. The Hall–Kier alpha value is -2.97. The number of nitrogens with zero attached hydrogens (tertiary/aromatic N) is 2. The second kappa shape index (κ2) is 12.1. The summed E-state index contributed by atoms with van der Waals surface area (Å²) in [7, 11) is 0. The van der Waals surface area contributed by atoms with Gasteiger partial charge in [0.15, 0.2) is 0 Å². The van der Waals surface area contributed by atoms with Crippen molar-refractivity contribution in [3.63, 3.8) is 0 Å². The maximum absolute atomic E-state index is 14.8. The van der Waals surface area contributed by atoms with Crippen molar-refractivity contribution < 1.29 is 29.0 Å². The summed E-state index contributed by atoms with van der Waals surface area (Å²) in [6.45, 7) is 17.6. The van der Waals surface area contributed by atoms with E-state index in [0.29, 0.717) is 32.1 Å². The second-order valence-corrected chi connectivity index (χ2v) is 12.6. The first-order chi connectivity index (χ1) is 19.5. The highest BCUT2D eigenvalue weighted by atomic mass is 16.6. The molecule has 0 aliphatic carbocycles. The molecule has 2 unspecified atom stereocenters. The fourth-order valence-electron chi connectivity index (χ4n) is 7.30. The van der Waals surface area contributed by atoms with E-state index in [2.05, 4.69) is 13.2 Å². The summed E-state index contributed by atoms with van der Waals surface area (Å²) in [6.07, 6.45) is 6.30. The van der Waals surface area contributed by atoms with Gasteiger partial charge in [0.05, 0.1) is 30.8 Å². The number of amides is 2. The van der Waals surface area contributed by atoms with Gasteiger partial charge >= 0.3 is 5.97 Å². The Labute approximate surface area is 244 Å². The molecule has 3 fully saturated rings. The van der Waals surface area contributed by atoms with Crippen LogP contribution >= 0.6 is 0 Å². The zero-order valence-electron chi connectivity index (χ0n) is 25.2. The molecule has 1 spiro atoms. The summed E-state index contributed by atoms with van der Waals surface area (Å²) in [5.74, 6) is -2.61. The van der Waals surface area contributed by atoms with Crippen LogP contribution in [-0.2, 0) is 23.9 Å². The Morgan fingerprint density at radius 2 is 1.98 bits per heavy atom. The number of fused-ring (bicyclic) bond motifs is 1. The smallest absolute Gasteiger partial charge is 0.312 e. The van der Waals surface area contributed by atoms with Crippen molar-refractivity contribution in [3.05, 3.63) is 54.6 Å². The molecule has 3 aliphatic rings. The molecule has 0 aromatic heterocycles. The molecule has 3 saturated heterocycles. The normalized spacial score (nSPS) is 29.0. The van der Waals surface area contributed by atoms with E-state index >= 15 is 0 Å². The summed E-state index contributed by atoms with van der Waals surface area (Å²) in [5, 5.41) is 10.5. The SMILES string of the molecule is C=CCCCOC(=O)[C@@H]1[C@H]2C(=O)N([C@@H](CO)CC(C)C)C(C(=O)N(CC=C)c3cc(C)ccc3C)C23CC[C@@]1(C)O3. The number of carbonyl (C=O) groups excluding carboxylic acids is 3. The van der Waals surface area contributed by atoms with Crippen LogP contribution < -0.4 is 4.90 Å². The Morgan fingerprint density at radius 3 is 2.61 bits per heavy atom. The van der Waals surface area contributed by atoms with E-state index in [9.17, 15) is 19.5 Å². The number of unbranched alkanes of at least 4 members (excludes halogenated alkanes) is 1. The molecule has 1 N–H and O–H groups in total. The fraction of sp³-hybridized carbons (Fsp3) is 0.606. The van der Waals surface area contributed by atoms with Gasteiger partial charge in [0.1, 0.15) is 17.6 Å². The molecule has 2 amide bonds. The Balaban J connectivity index is 1.82. The van der Waals surface area contributed by atoms with Gasteiger partial charge in [0.2, 0.25) is 5.91 Å². The van der Waals surface area contributed by atoms with Gasteiger partial charge in [-0.15, -0.1) is 13.2 Å². The van der Waals surface area contributed by atoms with Crippen molar-refractivity contribution in [3.8, 4) is 0 Å². The van der Waals surface area contributed by atoms with Crippen LogP contribution in [0.3, 0.4) is 0 Å². The summed E-state index contributed by atoms with van der Waals surface area (Å²) in [4.78, 5) is 46.1. The number of hydrogen-bond acceptors (Lipinski definition) is 6. The second-order valence-electron chi connectivity index (χ2n) is 12.6. The van der Waals surface area contributed by atoms with E-state index in [0.717, 1.165) is 16.8 Å². The topological polar surface area (TPSA) is 96.4 Å². The highest BCUT2D eigenvalue weighted by molar-refractivity contribution is 6.05. The van der Waals surface area contributed by atoms with Crippen LogP contribution in [0.5, 0.6) is 0 Å². The summed E-state index contributed by atoms with van der Waals surface area (Å²) in [6, 6.07) is 4.33. The molecule has 1 aromatic rings. The number of anilines is 1. The van der Waals surface area contributed by atoms with Crippen molar-refractivity contribution in [1.82, 2.24) is 4.90 Å². The fourth-order valence-corrected chi connectivity index (χ4v) is 7.30. The first-order valence-electron chi connectivity index (χ1n) is 14.9. The maximum Gasteiger partial charge on any atom is 0.312 e. The van der Waals surface area contributed by atoms with Crippen LogP contribution in [0, 0.1) is 31.6 Å². The Kier molecular flexibility index (Phi) is 9.14. The lowest BCUT2D eigenvalue weighted by Crippen LogP contribution is -2.59. The van der Waals surface area contributed by atoms with Gasteiger partial charge in [-0.05, 0) is 76.0 Å². The van der Waals surface area contributed by atoms with Crippen LogP contribution in [0.1, 0.15) is 64.0 Å². The van der Waals surface area contributed by atoms with Gasteiger partial charge in [-0.2, -0.15) is 0 Å². The van der Waals surface area contributed by atoms with Crippen LogP contribution in [-0.4, -0.2) is 70.8 Å². The molecule has 41 heavy (non-hydrogen) atoms. The predicted molar refractivity (Wildman–Crippen MR) is 158 cm³/mol. The average molecular weight is 567 g/mol. The zero-order chi connectivity index (χ0) is 30.1. The number of ether oxygens (including phenoxy) is 2. The number of aryl methyl sites for hydroxylation is 2. The van der Waals surface area contributed by atoms with Crippen LogP contribution in [0.25, 0.3) is 0 Å². The van der Waals surface area contributed by atoms with E-state index < -0.39 is 41.1 Å². The molecule has 3 aliphatic heterocycles. The van der Waals surface area contributed by atoms with Gasteiger partial charge in [-0.1, -0.05) is 38.1 Å². The highest BCUT2D eigenvalue weighted by Crippen LogP contribution is 2.64. The molecule has 0 saturated carbocycles. The van der Waals surface area contributed by atoms with E-state index in [4.69, 9.17) is 9.47 Å². The number of aliphatic hydroxyl groups excluding tert-OH is 1. The lowest BCUT2D eigenvalue weighted by atomic mass is 9.66. The lowest BCUT2D eigenvalue weighted by molar-refractivity contribution is -0.160. The molecule has 224 valence electrons. The monoisotopic (exact) mass is 566 g/mol. The Bertz CT molecular complexity index is 1200. The third-order valence-electron chi connectivity index (χ3n) is 9.08. The molecule has 6 atom stereocenters.